The third-order valence-corrected chi connectivity index (χ3v) is 11.4. The van der Waals surface area contributed by atoms with Gasteiger partial charge in [-0.05, 0) is 0 Å². The van der Waals surface area contributed by atoms with Crippen molar-refractivity contribution in [1.82, 2.24) is 0 Å². The van der Waals surface area contributed by atoms with Gasteiger partial charge >= 0.3 is 267 Å². The normalized spacial score (nSPS) is 10.8. The van der Waals surface area contributed by atoms with Crippen molar-refractivity contribution in [2.75, 3.05) is 0 Å². The van der Waals surface area contributed by atoms with Gasteiger partial charge in [-0.2, -0.15) is 0 Å². The van der Waals surface area contributed by atoms with Crippen LogP contribution in [0.5, 0.6) is 0 Å². The molecule has 0 unspecified atom stereocenters. The van der Waals surface area contributed by atoms with E-state index in [0.29, 0.717) is 31.1 Å². The molecule has 2 heterocycles. The molecule has 6 aromatic rings. The number of carbonyl (C=O) groups excluding carboxylic acids is 1. The van der Waals surface area contributed by atoms with E-state index in [2.05, 4.69) is 6.92 Å². The number of aldehydes is 1. The molecule has 0 amide bonds. The second-order valence-electron chi connectivity index (χ2n) is 9.98. The summed E-state index contributed by atoms with van der Waals surface area (Å²) in [4.78, 5) is 12.8. The molecular formula is C37H28F4OSe2. The molecule has 0 radical (unpaired) electrons. The Morgan fingerprint density at radius 3 is 1.41 bits per heavy atom. The number of hydrogen-bond donors (Lipinski definition) is 0. The number of carbonyl (C=O) groups is 1. The van der Waals surface area contributed by atoms with Gasteiger partial charge in [0.15, 0.2) is 0 Å². The molecule has 6 rings (SSSR count). The molecule has 0 spiro atoms. The second-order valence-corrected chi connectivity index (χ2v) is 14.3. The number of aryl methyl sites for hydroxylation is 2. The SMILES string of the molecule is CCc1ccc(-c2ccc(-c3ccc(C=O)[se]3)c(F)c2F)cc1.CCc1ccc(-c2ccc(-c3ccc[se]3)c(F)c2F)cc1. The zero-order valence-corrected chi connectivity index (χ0v) is 27.5. The molecule has 0 atom stereocenters. The summed E-state index contributed by atoms with van der Waals surface area (Å²) in [5, 5.41) is 0. The van der Waals surface area contributed by atoms with Gasteiger partial charge in [-0.25, -0.2) is 0 Å². The van der Waals surface area contributed by atoms with E-state index < -0.39 is 23.3 Å². The predicted octanol–water partition coefficient (Wildman–Crippen LogP) is 9.65. The molecule has 0 bridgehead atoms. The zero-order valence-electron chi connectivity index (χ0n) is 24.0. The molecule has 0 saturated carbocycles. The fraction of sp³-hybridized carbons (Fsp3) is 0.108. The summed E-state index contributed by atoms with van der Waals surface area (Å²) in [5.74, 6) is -3.21. The van der Waals surface area contributed by atoms with Crippen LogP contribution in [-0.2, 0) is 12.8 Å². The van der Waals surface area contributed by atoms with Crippen LogP contribution in [0.2, 0.25) is 0 Å². The standard InChI is InChI=1S/C19H14F2OSe.C18H14F2Se/c1-2-12-3-5-13(6-4-12)15-8-9-16(19(21)18(15)20)17-10-7-14(11-22)23-17;1-2-12-5-7-13(8-6-12)14-9-10-15(18(20)17(14)19)16-4-3-11-21-16/h3-11H,2H2,1H3;3-11H,2H2,1H3. The number of halogens is 4. The Hall–Kier alpha value is -3.73. The third kappa shape index (κ3) is 6.82. The van der Waals surface area contributed by atoms with Crippen molar-refractivity contribution in [3.05, 3.63) is 141 Å². The van der Waals surface area contributed by atoms with Crippen molar-refractivity contribution in [2.24, 2.45) is 0 Å². The first-order valence-electron chi connectivity index (χ1n) is 14.1. The maximum atomic E-state index is 14.5. The van der Waals surface area contributed by atoms with Crippen LogP contribution >= 0.6 is 0 Å². The van der Waals surface area contributed by atoms with E-state index in [9.17, 15) is 22.4 Å². The van der Waals surface area contributed by atoms with Gasteiger partial charge in [0.25, 0.3) is 0 Å². The molecule has 4 aromatic carbocycles. The third-order valence-electron chi connectivity index (χ3n) is 7.31. The van der Waals surface area contributed by atoms with E-state index in [0.717, 1.165) is 29.1 Å². The Morgan fingerprint density at radius 1 is 0.545 bits per heavy atom. The van der Waals surface area contributed by atoms with Crippen molar-refractivity contribution in [3.63, 3.8) is 0 Å². The Labute approximate surface area is 266 Å². The van der Waals surface area contributed by atoms with Crippen molar-refractivity contribution in [3.8, 4) is 42.3 Å². The van der Waals surface area contributed by atoms with Crippen LogP contribution < -0.4 is 0 Å². The summed E-state index contributed by atoms with van der Waals surface area (Å²) in [5.41, 5.74) is 4.89. The fourth-order valence-corrected chi connectivity index (χ4v) is 8.09. The van der Waals surface area contributed by atoms with E-state index in [1.54, 1.807) is 48.5 Å². The first kappa shape index (κ1) is 31.7. The van der Waals surface area contributed by atoms with Crippen LogP contribution in [0, 0.1) is 23.3 Å². The first-order valence-corrected chi connectivity index (χ1v) is 17.6. The van der Waals surface area contributed by atoms with Gasteiger partial charge in [-0.3, -0.25) is 0 Å². The van der Waals surface area contributed by atoms with Crippen LogP contribution in [0.4, 0.5) is 17.6 Å². The maximum absolute atomic E-state index is 14.5. The average molecular weight is 723 g/mol. The molecule has 0 N–H and O–H groups in total. The molecule has 0 aliphatic carbocycles. The van der Waals surface area contributed by atoms with Crippen LogP contribution in [0.15, 0.2) is 102 Å². The van der Waals surface area contributed by atoms with Crippen molar-refractivity contribution in [2.45, 2.75) is 26.7 Å². The van der Waals surface area contributed by atoms with Gasteiger partial charge < -0.3 is 0 Å². The Balaban J connectivity index is 0.000000175. The molecular weight excluding hydrogens is 694 g/mol. The van der Waals surface area contributed by atoms with Gasteiger partial charge in [-0.15, -0.1) is 0 Å². The van der Waals surface area contributed by atoms with Crippen LogP contribution in [0.1, 0.15) is 34.2 Å². The number of hydrogen-bond acceptors (Lipinski definition) is 1. The summed E-state index contributed by atoms with van der Waals surface area (Å²) in [6.07, 6.45) is 2.60. The molecule has 1 nitrogen and oxygen atoms in total. The number of rotatable bonds is 7. The molecule has 2 aromatic heterocycles. The summed E-state index contributed by atoms with van der Waals surface area (Å²) in [6, 6.07) is 28.7. The van der Waals surface area contributed by atoms with Crippen LogP contribution in [0.3, 0.4) is 0 Å². The number of benzene rings is 4. The molecule has 0 saturated heterocycles. The van der Waals surface area contributed by atoms with Gasteiger partial charge in [0, 0.05) is 0 Å². The Kier molecular flexibility index (Phi) is 10.3. The summed E-state index contributed by atoms with van der Waals surface area (Å²) >= 11 is -0.170. The van der Waals surface area contributed by atoms with Crippen LogP contribution in [0.25, 0.3) is 42.3 Å². The van der Waals surface area contributed by atoms with Gasteiger partial charge in [-0.1, -0.05) is 0 Å². The van der Waals surface area contributed by atoms with Crippen molar-refractivity contribution in [1.29, 1.82) is 0 Å². The quantitative estimate of drug-likeness (QED) is 0.0912. The monoisotopic (exact) mass is 724 g/mol. The average Bonchev–Trinajstić information content (AvgIpc) is 3.77. The fourth-order valence-electron chi connectivity index (χ4n) is 4.76. The molecule has 0 aliphatic rings. The van der Waals surface area contributed by atoms with E-state index >= 15 is 0 Å². The second kappa shape index (κ2) is 14.4. The van der Waals surface area contributed by atoms with E-state index in [-0.39, 0.29) is 40.1 Å². The van der Waals surface area contributed by atoms with Gasteiger partial charge in [0.1, 0.15) is 0 Å². The summed E-state index contributed by atoms with van der Waals surface area (Å²) < 4.78 is 59.8. The van der Waals surface area contributed by atoms with Gasteiger partial charge in [0.05, 0.1) is 0 Å². The first-order chi connectivity index (χ1) is 21.3. The summed E-state index contributed by atoms with van der Waals surface area (Å²) in [6.45, 7) is 4.11. The topological polar surface area (TPSA) is 17.1 Å². The zero-order chi connectivity index (χ0) is 31.2. The molecule has 0 aliphatic heterocycles. The van der Waals surface area contributed by atoms with E-state index in [1.165, 1.54) is 5.56 Å². The van der Waals surface area contributed by atoms with Crippen molar-refractivity contribution >= 4 is 35.3 Å². The Morgan fingerprint density at radius 2 is 1.00 bits per heavy atom. The van der Waals surface area contributed by atoms with E-state index in [1.807, 2.05) is 60.4 Å². The molecule has 222 valence electrons. The Bertz CT molecular complexity index is 1870. The van der Waals surface area contributed by atoms with Crippen molar-refractivity contribution < 1.29 is 22.4 Å². The van der Waals surface area contributed by atoms with Gasteiger partial charge in [0.2, 0.25) is 0 Å². The van der Waals surface area contributed by atoms with E-state index in [4.69, 9.17) is 0 Å². The van der Waals surface area contributed by atoms with Crippen LogP contribution in [-0.4, -0.2) is 35.3 Å². The molecule has 44 heavy (non-hydrogen) atoms. The predicted molar refractivity (Wildman–Crippen MR) is 172 cm³/mol. The minimum absolute atomic E-state index is 0.0948. The molecule has 7 heteroatoms. The minimum atomic E-state index is -0.851. The molecule has 0 fully saturated rings. The summed E-state index contributed by atoms with van der Waals surface area (Å²) in [7, 11) is 0.